The van der Waals surface area contributed by atoms with Crippen molar-refractivity contribution in [1.82, 2.24) is 15.6 Å². The number of benzene rings is 2. The maximum Gasteiger partial charge on any atom is 0.224 e. The number of carbonyl (C=O) groups excluding carboxylic acids is 1. The van der Waals surface area contributed by atoms with Crippen LogP contribution in [-0.2, 0) is 24.2 Å². The highest BCUT2D eigenvalue weighted by atomic mass is 16.5. The number of ether oxygens (including phenoxy) is 1. The molecule has 1 amide bonds. The van der Waals surface area contributed by atoms with Crippen LogP contribution in [0.3, 0.4) is 0 Å². The van der Waals surface area contributed by atoms with Gasteiger partial charge in [0.05, 0.1) is 19.1 Å². The maximum atomic E-state index is 12.5. The fourth-order valence-corrected chi connectivity index (χ4v) is 3.72. The van der Waals surface area contributed by atoms with Gasteiger partial charge in [0, 0.05) is 36.5 Å². The van der Waals surface area contributed by atoms with E-state index >= 15 is 0 Å². The average Bonchev–Trinajstić information content (AvgIpc) is 2.83. The summed E-state index contributed by atoms with van der Waals surface area (Å²) in [6.07, 6.45) is 2.04. The molecule has 180 valence electrons. The lowest BCUT2D eigenvalue weighted by atomic mass is 10.0. The third-order valence-electron chi connectivity index (χ3n) is 5.50. The van der Waals surface area contributed by atoms with Gasteiger partial charge in [0.25, 0.3) is 0 Å². The summed E-state index contributed by atoms with van der Waals surface area (Å²) in [5, 5.41) is 16.7. The minimum absolute atomic E-state index is 0.0325. The Morgan fingerprint density at radius 1 is 1.12 bits per heavy atom. The van der Waals surface area contributed by atoms with Crippen LogP contribution in [0.4, 0.5) is 5.82 Å². The Hall–Kier alpha value is -3.42. The zero-order valence-electron chi connectivity index (χ0n) is 19.8. The Morgan fingerprint density at radius 2 is 1.91 bits per heavy atom. The summed E-state index contributed by atoms with van der Waals surface area (Å²) in [5.74, 6) is 1.20. The van der Waals surface area contributed by atoms with E-state index in [1.807, 2.05) is 43.3 Å². The Kier molecular flexibility index (Phi) is 9.43. The first-order chi connectivity index (χ1) is 16.4. The zero-order chi connectivity index (χ0) is 24.3. The molecule has 2 aromatic carbocycles. The molecule has 0 fully saturated rings. The summed E-state index contributed by atoms with van der Waals surface area (Å²) in [7, 11) is 0. The quantitative estimate of drug-likeness (QED) is 0.329. The molecular formula is C27H34N4O3. The average molecular weight is 463 g/mol. The number of hydrogen-bond donors (Lipinski definition) is 4. The molecule has 1 aromatic heterocycles. The largest absolute Gasteiger partial charge is 0.494 e. The SMILES string of the molecule is CCOc1ccccc1CNC(=O)Cc1cccc(C[C@@H](C)NC[C@H](O)c2ccc(N)nc2)c1. The van der Waals surface area contributed by atoms with E-state index in [0.29, 0.717) is 31.9 Å². The summed E-state index contributed by atoms with van der Waals surface area (Å²) in [6.45, 7) is 5.45. The lowest BCUT2D eigenvalue weighted by Gasteiger charge is -2.18. The molecule has 5 N–H and O–H groups in total. The molecule has 0 saturated heterocycles. The monoisotopic (exact) mass is 462 g/mol. The van der Waals surface area contributed by atoms with Gasteiger partial charge in [0.2, 0.25) is 5.91 Å². The Balaban J connectivity index is 1.47. The highest BCUT2D eigenvalue weighted by molar-refractivity contribution is 5.78. The van der Waals surface area contributed by atoms with Crippen molar-refractivity contribution in [3.63, 3.8) is 0 Å². The van der Waals surface area contributed by atoms with Crippen LogP contribution in [0.15, 0.2) is 66.9 Å². The molecular weight excluding hydrogens is 428 g/mol. The van der Waals surface area contributed by atoms with Crippen LogP contribution < -0.4 is 21.1 Å². The minimum atomic E-state index is -0.654. The molecule has 0 bridgehead atoms. The number of amides is 1. The fourth-order valence-electron chi connectivity index (χ4n) is 3.72. The molecule has 0 aliphatic heterocycles. The second kappa shape index (κ2) is 12.7. The minimum Gasteiger partial charge on any atom is -0.494 e. The molecule has 3 aromatic rings. The number of rotatable bonds is 12. The molecule has 34 heavy (non-hydrogen) atoms. The molecule has 0 saturated carbocycles. The lowest BCUT2D eigenvalue weighted by Crippen LogP contribution is -2.32. The van der Waals surface area contributed by atoms with E-state index in [9.17, 15) is 9.90 Å². The summed E-state index contributed by atoms with van der Waals surface area (Å²) in [6, 6.07) is 19.4. The number of nitrogens with one attached hydrogen (secondary N) is 2. The number of aliphatic hydroxyl groups excluding tert-OH is 1. The number of pyridine rings is 1. The lowest BCUT2D eigenvalue weighted by molar-refractivity contribution is -0.120. The van der Waals surface area contributed by atoms with E-state index < -0.39 is 6.10 Å². The van der Waals surface area contributed by atoms with Gasteiger partial charge < -0.3 is 26.2 Å². The number of nitrogens with two attached hydrogens (primary N) is 1. The van der Waals surface area contributed by atoms with Crippen LogP contribution in [-0.4, -0.2) is 35.2 Å². The van der Waals surface area contributed by atoms with Crippen molar-refractivity contribution in [2.45, 2.75) is 45.4 Å². The molecule has 3 rings (SSSR count). The number of hydrogen-bond acceptors (Lipinski definition) is 6. The fraction of sp³-hybridized carbons (Fsp3) is 0.333. The molecule has 2 atom stereocenters. The van der Waals surface area contributed by atoms with Gasteiger partial charge >= 0.3 is 0 Å². The van der Waals surface area contributed by atoms with Crippen molar-refractivity contribution in [3.05, 3.63) is 89.1 Å². The third kappa shape index (κ3) is 7.86. The Morgan fingerprint density at radius 3 is 2.68 bits per heavy atom. The first-order valence-electron chi connectivity index (χ1n) is 11.6. The van der Waals surface area contributed by atoms with Gasteiger partial charge in [-0.15, -0.1) is 0 Å². The summed E-state index contributed by atoms with van der Waals surface area (Å²) in [5.41, 5.74) is 9.39. The number of aliphatic hydroxyl groups is 1. The summed E-state index contributed by atoms with van der Waals surface area (Å²) in [4.78, 5) is 16.5. The van der Waals surface area contributed by atoms with Crippen LogP contribution in [0.1, 0.15) is 42.2 Å². The molecule has 0 aliphatic carbocycles. The summed E-state index contributed by atoms with van der Waals surface area (Å²) >= 11 is 0. The van der Waals surface area contributed by atoms with Gasteiger partial charge in [0.1, 0.15) is 11.6 Å². The van der Waals surface area contributed by atoms with E-state index in [1.165, 1.54) is 0 Å². The highest BCUT2D eigenvalue weighted by Gasteiger charge is 2.12. The van der Waals surface area contributed by atoms with E-state index in [-0.39, 0.29) is 11.9 Å². The first kappa shape index (κ1) is 25.2. The number of aromatic nitrogens is 1. The molecule has 7 nitrogen and oxygen atoms in total. The van der Waals surface area contributed by atoms with Gasteiger partial charge in [-0.25, -0.2) is 4.98 Å². The van der Waals surface area contributed by atoms with E-state index in [2.05, 4.69) is 34.7 Å². The van der Waals surface area contributed by atoms with Gasteiger partial charge in [-0.2, -0.15) is 0 Å². The topological polar surface area (TPSA) is 110 Å². The summed E-state index contributed by atoms with van der Waals surface area (Å²) < 4.78 is 5.62. The predicted molar refractivity (Wildman–Crippen MR) is 134 cm³/mol. The van der Waals surface area contributed by atoms with Crippen LogP contribution in [0.2, 0.25) is 0 Å². The third-order valence-corrected chi connectivity index (χ3v) is 5.50. The standard InChI is InChI=1S/C27H34N4O3/c1-3-34-25-10-5-4-9-23(25)17-31-27(33)15-21-8-6-7-20(14-21)13-19(2)29-18-24(32)22-11-12-26(28)30-16-22/h4-12,14,16,19,24,29,32H,3,13,15,17-18H2,1-2H3,(H2,28,30)(H,31,33)/t19-,24+/m1/s1. The number of nitrogen functional groups attached to an aromatic ring is 1. The van der Waals surface area contributed by atoms with Crippen LogP contribution in [0.5, 0.6) is 5.75 Å². The van der Waals surface area contributed by atoms with Crippen LogP contribution >= 0.6 is 0 Å². The van der Waals surface area contributed by atoms with Gasteiger partial charge in [-0.3, -0.25) is 4.79 Å². The second-order valence-electron chi connectivity index (χ2n) is 8.36. The molecule has 0 radical (unpaired) electrons. The number of nitrogens with zero attached hydrogens (tertiary/aromatic N) is 1. The van der Waals surface area contributed by atoms with Crippen molar-refractivity contribution in [2.75, 3.05) is 18.9 Å². The number of anilines is 1. The zero-order valence-corrected chi connectivity index (χ0v) is 19.8. The van der Waals surface area contributed by atoms with E-state index in [4.69, 9.17) is 10.5 Å². The number of carbonyl (C=O) groups is 1. The smallest absolute Gasteiger partial charge is 0.224 e. The van der Waals surface area contributed by atoms with Gasteiger partial charge in [-0.1, -0.05) is 48.5 Å². The highest BCUT2D eigenvalue weighted by Crippen LogP contribution is 2.18. The van der Waals surface area contributed by atoms with Crippen molar-refractivity contribution < 1.29 is 14.6 Å². The van der Waals surface area contributed by atoms with Crippen LogP contribution in [0.25, 0.3) is 0 Å². The van der Waals surface area contributed by atoms with Crippen molar-refractivity contribution in [2.24, 2.45) is 0 Å². The molecule has 7 heteroatoms. The molecule has 0 spiro atoms. The Labute approximate surface area is 201 Å². The first-order valence-corrected chi connectivity index (χ1v) is 11.6. The Bertz CT molecular complexity index is 1060. The molecule has 1 heterocycles. The molecule has 0 unspecified atom stereocenters. The molecule has 0 aliphatic rings. The van der Waals surface area contributed by atoms with E-state index in [0.717, 1.165) is 34.4 Å². The predicted octanol–water partition coefficient (Wildman–Crippen LogP) is 3.18. The van der Waals surface area contributed by atoms with Crippen molar-refractivity contribution in [3.8, 4) is 5.75 Å². The van der Waals surface area contributed by atoms with Crippen molar-refractivity contribution >= 4 is 11.7 Å². The number of para-hydroxylation sites is 1. The van der Waals surface area contributed by atoms with Gasteiger partial charge in [-0.05, 0) is 43.5 Å². The van der Waals surface area contributed by atoms with E-state index in [1.54, 1.807) is 18.3 Å². The van der Waals surface area contributed by atoms with Crippen LogP contribution in [0, 0.1) is 0 Å². The normalized spacial score (nSPS) is 12.7. The van der Waals surface area contributed by atoms with Crippen molar-refractivity contribution in [1.29, 1.82) is 0 Å². The maximum absolute atomic E-state index is 12.5. The second-order valence-corrected chi connectivity index (χ2v) is 8.36. The van der Waals surface area contributed by atoms with Gasteiger partial charge in [0.15, 0.2) is 0 Å².